The average molecular weight is 1260 g/mol. The molecule has 0 bridgehead atoms. The Balaban J connectivity index is 0.951. The highest BCUT2D eigenvalue weighted by atomic mass is 35.5. The highest BCUT2D eigenvalue weighted by molar-refractivity contribution is 6.17. The van der Waals surface area contributed by atoms with Gasteiger partial charge in [-0.15, -0.1) is 11.6 Å². The largest absolute Gasteiger partial charge is 0.492 e. The number of carbonyl (C=O) groups excluding carboxylic acids is 5. The molecule has 0 saturated carbocycles. The molecular formula is C61H92ClN9O17. The number of carbonyl (C=O) groups is 5. The minimum absolute atomic E-state index is 0.00331. The maximum absolute atomic E-state index is 13.6. The fraction of sp³-hybridized carbons (Fsp3) is 0.574. The second kappa shape index (κ2) is 46.2. The fourth-order valence-electron chi connectivity index (χ4n) is 7.71. The number of nitrogens with one attached hydrogen (secondary N) is 8. The summed E-state index contributed by atoms with van der Waals surface area (Å²) in [5.74, 6) is 1.69. The van der Waals surface area contributed by atoms with Crippen LogP contribution in [0.4, 0.5) is 35.3 Å². The van der Waals surface area contributed by atoms with Crippen LogP contribution in [0.3, 0.4) is 0 Å². The Labute approximate surface area is 521 Å². The predicted molar refractivity (Wildman–Crippen MR) is 334 cm³/mol. The topological polar surface area (TPSA) is 307 Å². The van der Waals surface area contributed by atoms with E-state index in [1.165, 1.54) is 12.2 Å². The number of hydrogen-bond donors (Lipinski definition) is 8. The summed E-state index contributed by atoms with van der Waals surface area (Å²) in [7, 11) is 0. The maximum atomic E-state index is 13.6. The molecule has 6 amide bonds. The molecule has 0 atom stereocenters. The first-order chi connectivity index (χ1) is 42.8. The number of ether oxygens (including phenoxy) is 12. The molecule has 4 rings (SSSR count). The molecular weight excluding hydrogens is 1170 g/mol. The molecule has 1 aliphatic heterocycles. The summed E-state index contributed by atoms with van der Waals surface area (Å²) in [5.41, 5.74) is 1.71. The van der Waals surface area contributed by atoms with Crippen LogP contribution in [0.2, 0.25) is 0 Å². The zero-order valence-electron chi connectivity index (χ0n) is 51.2. The van der Waals surface area contributed by atoms with Gasteiger partial charge in [-0.2, -0.15) is 0 Å². The molecule has 8 N–H and O–H groups in total. The second-order valence-corrected chi connectivity index (χ2v) is 20.8. The van der Waals surface area contributed by atoms with E-state index in [4.69, 9.17) is 73.9 Å². The van der Waals surface area contributed by atoms with Crippen LogP contribution in [0.25, 0.3) is 10.8 Å². The van der Waals surface area contributed by atoms with Crippen LogP contribution in [-0.4, -0.2) is 212 Å². The van der Waals surface area contributed by atoms with Gasteiger partial charge < -0.3 is 94.2 Å². The number of unbranched alkanes of at least 4 members (excludes halogenated alkanes) is 3. The highest BCUT2D eigenvalue weighted by Gasteiger charge is 2.19. The predicted octanol–water partition coefficient (Wildman–Crippen LogP) is 7.55. The lowest BCUT2D eigenvalue weighted by Gasteiger charge is -2.26. The Hall–Kier alpha value is -7.01. The standard InChI is InChI=1S/C61H92ClN9O17/c1-61(2,3)54(63)46-55(70-56(72)69-52-17-18-53(51-16-7-6-15-50(51)52)84-34-25-71-23-32-81-33-24-71)68-49-14-12-13-48(45-49)47-67-60(76)88-44-42-83-40-38-80-30-21-65-58(74)86-28-11-10-27-85-57(73)64-20-29-79-37-39-82-41-43-87-59(75)66-22-31-78-36-35-77-26-9-5-4-8-19-62/h6-7,10-18,45-46,63,68H,4-5,8-9,19-44,47H2,1-3H3,(H,64,73)(H,65,74)(H,66,75)(H,67,76)(H2,69,70,72)/b11-10-,55-46+,63-54?. The Morgan fingerprint density at radius 2 is 1.11 bits per heavy atom. The maximum Gasteiger partial charge on any atom is 0.407 e. The third-order valence-electron chi connectivity index (χ3n) is 12.4. The Bertz CT molecular complexity index is 2550. The van der Waals surface area contributed by atoms with Crippen molar-refractivity contribution >= 4 is 69.9 Å². The second-order valence-electron chi connectivity index (χ2n) is 20.4. The van der Waals surface area contributed by atoms with Crippen molar-refractivity contribution in [3.8, 4) is 5.75 Å². The van der Waals surface area contributed by atoms with Crippen molar-refractivity contribution < 1.29 is 80.8 Å². The molecule has 1 fully saturated rings. The van der Waals surface area contributed by atoms with Crippen molar-refractivity contribution in [2.45, 2.75) is 53.0 Å². The number of morpholine rings is 1. The van der Waals surface area contributed by atoms with Crippen molar-refractivity contribution in [3.63, 3.8) is 0 Å². The molecule has 3 aromatic carbocycles. The van der Waals surface area contributed by atoms with Crippen LogP contribution in [0.5, 0.6) is 5.75 Å². The number of halogens is 1. The number of alkyl carbamates (subject to hydrolysis) is 4. The number of urea groups is 1. The highest BCUT2D eigenvalue weighted by Crippen LogP contribution is 2.32. The van der Waals surface area contributed by atoms with Gasteiger partial charge in [0.2, 0.25) is 0 Å². The molecule has 27 heteroatoms. The summed E-state index contributed by atoms with van der Waals surface area (Å²) in [6, 6.07) is 18.1. The summed E-state index contributed by atoms with van der Waals surface area (Å²) in [6.07, 6.45) is 6.41. The van der Waals surface area contributed by atoms with E-state index in [9.17, 15) is 24.0 Å². The molecule has 1 saturated heterocycles. The SMILES string of the molecule is CC(C)(C)C(=N)/C=C(/NC(=O)Nc1ccc(OCCN2CCOCC2)c2ccccc12)Nc1cccc(CNC(=O)OCCOCCOCCNC(=O)OC/C=C\COC(=O)NCCOCCOCCOC(=O)NCCOCCOCCCCCCCl)c1. The van der Waals surface area contributed by atoms with Crippen LogP contribution >= 0.6 is 11.6 Å². The molecule has 0 aromatic heterocycles. The van der Waals surface area contributed by atoms with E-state index in [0.717, 1.165) is 80.6 Å². The van der Waals surface area contributed by atoms with Gasteiger partial charge in [-0.3, -0.25) is 10.2 Å². The van der Waals surface area contributed by atoms with Crippen LogP contribution in [0, 0.1) is 10.8 Å². The first-order valence-corrected chi connectivity index (χ1v) is 30.3. The molecule has 0 unspecified atom stereocenters. The molecule has 26 nitrogen and oxygen atoms in total. The smallest absolute Gasteiger partial charge is 0.407 e. The number of amides is 6. The van der Waals surface area contributed by atoms with E-state index in [1.54, 1.807) is 18.2 Å². The molecule has 0 radical (unpaired) electrons. The third-order valence-corrected chi connectivity index (χ3v) is 12.7. The first kappa shape index (κ1) is 73.5. The van der Waals surface area contributed by atoms with Crippen molar-refractivity contribution in [1.82, 2.24) is 31.5 Å². The van der Waals surface area contributed by atoms with Gasteiger partial charge in [-0.25, -0.2) is 24.0 Å². The molecule has 0 spiro atoms. The Morgan fingerprint density at radius 3 is 1.70 bits per heavy atom. The number of hydrogen-bond acceptors (Lipinski definition) is 20. The minimum Gasteiger partial charge on any atom is -0.492 e. The van der Waals surface area contributed by atoms with Crippen LogP contribution < -0.4 is 42.0 Å². The lowest BCUT2D eigenvalue weighted by atomic mass is 9.90. The van der Waals surface area contributed by atoms with Crippen LogP contribution in [-0.2, 0) is 58.7 Å². The van der Waals surface area contributed by atoms with E-state index >= 15 is 0 Å². The zero-order valence-corrected chi connectivity index (χ0v) is 51.9. The number of nitrogens with zero attached hydrogens (tertiary/aromatic N) is 1. The summed E-state index contributed by atoms with van der Waals surface area (Å²) in [5, 5.41) is 29.9. The summed E-state index contributed by atoms with van der Waals surface area (Å²) in [4.78, 5) is 64.0. The number of alkyl halides is 1. The number of fused-ring (bicyclic) bond motifs is 1. The number of allylic oxidation sites excluding steroid dienone is 1. The van der Waals surface area contributed by atoms with Gasteiger partial charge in [-0.1, -0.05) is 70.0 Å². The van der Waals surface area contributed by atoms with Crippen LogP contribution in [0.15, 0.2) is 84.7 Å². The third kappa shape index (κ3) is 35.1. The van der Waals surface area contributed by atoms with E-state index in [1.807, 2.05) is 69.3 Å². The molecule has 3 aromatic rings. The van der Waals surface area contributed by atoms with Gasteiger partial charge in [0.25, 0.3) is 0 Å². The van der Waals surface area contributed by atoms with Crippen molar-refractivity contribution in [2.24, 2.45) is 5.41 Å². The first-order valence-electron chi connectivity index (χ1n) is 29.8. The van der Waals surface area contributed by atoms with Gasteiger partial charge in [-0.05, 0) is 54.8 Å². The van der Waals surface area contributed by atoms with Crippen molar-refractivity contribution in [1.29, 1.82) is 5.41 Å². The van der Waals surface area contributed by atoms with Gasteiger partial charge in [0.1, 0.15) is 44.6 Å². The lowest BCUT2D eigenvalue weighted by molar-refractivity contribution is 0.0276. The molecule has 0 aliphatic carbocycles. The van der Waals surface area contributed by atoms with Gasteiger partial charge in [0.15, 0.2) is 0 Å². The summed E-state index contributed by atoms with van der Waals surface area (Å²) < 4.78 is 64.7. The number of rotatable bonds is 45. The summed E-state index contributed by atoms with van der Waals surface area (Å²) in [6.45, 7) is 14.9. The van der Waals surface area contributed by atoms with Gasteiger partial charge >= 0.3 is 30.4 Å². The Morgan fingerprint density at radius 1 is 0.580 bits per heavy atom. The molecule has 88 heavy (non-hydrogen) atoms. The zero-order chi connectivity index (χ0) is 63.1. The van der Waals surface area contributed by atoms with Gasteiger partial charge in [0, 0.05) is 92.0 Å². The van der Waals surface area contributed by atoms with E-state index < -0.39 is 35.8 Å². The van der Waals surface area contributed by atoms with Crippen molar-refractivity contribution in [3.05, 3.63) is 90.3 Å². The number of anilines is 2. The van der Waals surface area contributed by atoms with E-state index in [0.29, 0.717) is 56.8 Å². The molecule has 1 heterocycles. The monoisotopic (exact) mass is 1260 g/mol. The van der Waals surface area contributed by atoms with Crippen molar-refractivity contribution in [2.75, 3.05) is 181 Å². The molecule has 490 valence electrons. The summed E-state index contributed by atoms with van der Waals surface area (Å²) >= 11 is 5.66. The van der Waals surface area contributed by atoms with E-state index in [2.05, 4.69) is 42.1 Å². The quantitative estimate of drug-likeness (QED) is 0.00890. The molecule has 1 aliphatic rings. The van der Waals surface area contributed by atoms with Crippen LogP contribution in [0.1, 0.15) is 52.0 Å². The fourth-order valence-corrected chi connectivity index (χ4v) is 7.90. The Kier molecular flexibility index (Phi) is 38.5. The van der Waals surface area contributed by atoms with Gasteiger partial charge in [0.05, 0.1) is 91.6 Å². The normalized spacial score (nSPS) is 12.7. The van der Waals surface area contributed by atoms with E-state index in [-0.39, 0.29) is 110 Å². The average Bonchev–Trinajstić information content (AvgIpc) is 3.68. The lowest BCUT2D eigenvalue weighted by Crippen LogP contribution is -2.38. The minimum atomic E-state index is -0.649. The number of benzene rings is 3.